The van der Waals surface area contributed by atoms with Gasteiger partial charge in [-0.05, 0) is 43.7 Å². The minimum atomic E-state index is -0.508. The fourth-order valence-electron chi connectivity index (χ4n) is 2.45. The molecule has 0 saturated heterocycles. The van der Waals surface area contributed by atoms with Gasteiger partial charge in [0.2, 0.25) is 0 Å². The van der Waals surface area contributed by atoms with Crippen molar-refractivity contribution in [1.29, 1.82) is 0 Å². The van der Waals surface area contributed by atoms with E-state index in [0.29, 0.717) is 28.2 Å². The summed E-state index contributed by atoms with van der Waals surface area (Å²) < 4.78 is 29.2. The van der Waals surface area contributed by atoms with Gasteiger partial charge in [-0.15, -0.1) is 0 Å². The van der Waals surface area contributed by atoms with E-state index in [2.05, 4.69) is 0 Å². The maximum Gasteiger partial charge on any atom is 0.338 e. The second kappa shape index (κ2) is 8.33. The number of methoxy groups -OCH3 is 2. The van der Waals surface area contributed by atoms with E-state index in [-0.39, 0.29) is 5.82 Å². The van der Waals surface area contributed by atoms with Gasteiger partial charge in [0, 0.05) is 5.56 Å². The number of hydrogen-bond acceptors (Lipinski definition) is 4. The Bertz CT molecular complexity index is 766. The Morgan fingerprint density at radius 3 is 2.36 bits per heavy atom. The monoisotopic (exact) mass is 344 g/mol. The molecule has 0 N–H and O–H groups in total. The van der Waals surface area contributed by atoms with Gasteiger partial charge in [-0.25, -0.2) is 9.18 Å². The standard InChI is InChI=1S/C20H21FO4/c1-5-6-15-11-16(12-18(23-3)19(15)24-4)20(22)25-13(2)14-7-9-17(21)10-8-14/h5-13H,1-4H3/b6-5+. The van der Waals surface area contributed by atoms with E-state index in [1.54, 1.807) is 38.3 Å². The fourth-order valence-corrected chi connectivity index (χ4v) is 2.45. The van der Waals surface area contributed by atoms with Crippen LogP contribution in [0.3, 0.4) is 0 Å². The molecule has 0 radical (unpaired) electrons. The largest absolute Gasteiger partial charge is 0.493 e. The average molecular weight is 344 g/mol. The summed E-state index contributed by atoms with van der Waals surface area (Å²) in [7, 11) is 3.05. The quantitative estimate of drug-likeness (QED) is 0.707. The third-order valence-corrected chi connectivity index (χ3v) is 3.71. The van der Waals surface area contributed by atoms with Gasteiger partial charge in [-0.3, -0.25) is 0 Å². The Morgan fingerprint density at radius 2 is 1.80 bits per heavy atom. The highest BCUT2D eigenvalue weighted by Gasteiger charge is 2.18. The topological polar surface area (TPSA) is 44.8 Å². The Kier molecular flexibility index (Phi) is 6.17. The number of halogens is 1. The maximum absolute atomic E-state index is 13.0. The molecule has 25 heavy (non-hydrogen) atoms. The molecule has 0 aliphatic heterocycles. The molecule has 0 aromatic heterocycles. The van der Waals surface area contributed by atoms with E-state index in [9.17, 15) is 9.18 Å². The van der Waals surface area contributed by atoms with Crippen LogP contribution in [0.1, 0.15) is 41.4 Å². The van der Waals surface area contributed by atoms with Gasteiger partial charge in [0.1, 0.15) is 11.9 Å². The molecular weight excluding hydrogens is 323 g/mol. The van der Waals surface area contributed by atoms with E-state index >= 15 is 0 Å². The Morgan fingerprint density at radius 1 is 1.12 bits per heavy atom. The highest BCUT2D eigenvalue weighted by molar-refractivity contribution is 5.91. The molecule has 2 aromatic rings. The molecule has 0 bridgehead atoms. The van der Waals surface area contributed by atoms with Gasteiger partial charge in [-0.2, -0.15) is 0 Å². The Balaban J connectivity index is 2.29. The lowest BCUT2D eigenvalue weighted by Gasteiger charge is -2.16. The van der Waals surface area contributed by atoms with Gasteiger partial charge in [0.25, 0.3) is 0 Å². The summed E-state index contributed by atoms with van der Waals surface area (Å²) in [6, 6.07) is 9.10. The van der Waals surface area contributed by atoms with Crippen LogP contribution >= 0.6 is 0 Å². The van der Waals surface area contributed by atoms with Crippen LogP contribution in [0, 0.1) is 5.82 Å². The number of carbonyl (C=O) groups is 1. The number of allylic oxidation sites excluding steroid dienone is 1. The molecule has 0 aliphatic rings. The average Bonchev–Trinajstić information content (AvgIpc) is 2.61. The summed E-state index contributed by atoms with van der Waals surface area (Å²) in [4.78, 5) is 12.5. The van der Waals surface area contributed by atoms with Crippen molar-refractivity contribution in [3.05, 3.63) is 65.0 Å². The second-order valence-electron chi connectivity index (χ2n) is 5.40. The minimum Gasteiger partial charge on any atom is -0.493 e. The van der Waals surface area contributed by atoms with Crippen LogP contribution in [-0.2, 0) is 4.74 Å². The maximum atomic E-state index is 13.0. The zero-order chi connectivity index (χ0) is 18.4. The van der Waals surface area contributed by atoms with Crippen LogP contribution in [0.5, 0.6) is 11.5 Å². The lowest BCUT2D eigenvalue weighted by atomic mass is 10.1. The molecule has 4 nitrogen and oxygen atoms in total. The van der Waals surface area contributed by atoms with E-state index < -0.39 is 12.1 Å². The SMILES string of the molecule is C/C=C/c1cc(C(=O)OC(C)c2ccc(F)cc2)cc(OC)c1OC. The van der Waals surface area contributed by atoms with Crippen molar-refractivity contribution in [3.8, 4) is 11.5 Å². The molecule has 0 spiro atoms. The van der Waals surface area contributed by atoms with Crippen LogP contribution in [-0.4, -0.2) is 20.2 Å². The molecule has 132 valence electrons. The molecule has 5 heteroatoms. The van der Waals surface area contributed by atoms with E-state index in [1.807, 2.05) is 19.1 Å². The van der Waals surface area contributed by atoms with Gasteiger partial charge in [-0.1, -0.05) is 24.3 Å². The van der Waals surface area contributed by atoms with Crippen LogP contribution in [0.4, 0.5) is 4.39 Å². The first-order valence-corrected chi connectivity index (χ1v) is 7.85. The van der Waals surface area contributed by atoms with Gasteiger partial charge in [0.15, 0.2) is 11.5 Å². The summed E-state index contributed by atoms with van der Waals surface area (Å²) in [5.74, 6) is 0.157. The van der Waals surface area contributed by atoms with Gasteiger partial charge >= 0.3 is 5.97 Å². The van der Waals surface area contributed by atoms with E-state index in [0.717, 1.165) is 0 Å². The van der Waals surface area contributed by atoms with Crippen molar-refractivity contribution in [3.63, 3.8) is 0 Å². The van der Waals surface area contributed by atoms with Crippen LogP contribution in [0.15, 0.2) is 42.5 Å². The number of rotatable bonds is 6. The molecule has 2 aromatic carbocycles. The second-order valence-corrected chi connectivity index (χ2v) is 5.40. The van der Waals surface area contributed by atoms with Crippen LogP contribution in [0.2, 0.25) is 0 Å². The predicted octanol–water partition coefficient (Wildman–Crippen LogP) is 4.79. The van der Waals surface area contributed by atoms with Crippen LogP contribution < -0.4 is 9.47 Å². The summed E-state index contributed by atoms with van der Waals surface area (Å²) in [6.07, 6.45) is 3.15. The molecule has 0 aliphatic carbocycles. The first kappa shape index (κ1) is 18.5. The molecule has 1 atom stereocenters. The van der Waals surface area contributed by atoms with Crippen molar-refractivity contribution in [2.24, 2.45) is 0 Å². The van der Waals surface area contributed by atoms with Crippen molar-refractivity contribution < 1.29 is 23.4 Å². The number of hydrogen-bond donors (Lipinski definition) is 0. The normalized spacial score (nSPS) is 12.0. The van der Waals surface area contributed by atoms with Crippen molar-refractivity contribution in [2.45, 2.75) is 20.0 Å². The van der Waals surface area contributed by atoms with E-state index in [4.69, 9.17) is 14.2 Å². The molecular formula is C20H21FO4. The molecule has 0 heterocycles. The highest BCUT2D eigenvalue weighted by Crippen LogP contribution is 2.34. The zero-order valence-corrected chi connectivity index (χ0v) is 14.7. The predicted molar refractivity (Wildman–Crippen MR) is 94.5 cm³/mol. The highest BCUT2D eigenvalue weighted by atomic mass is 19.1. The van der Waals surface area contributed by atoms with Crippen molar-refractivity contribution in [2.75, 3.05) is 14.2 Å². The smallest absolute Gasteiger partial charge is 0.338 e. The molecule has 0 amide bonds. The molecule has 0 saturated carbocycles. The lowest BCUT2D eigenvalue weighted by molar-refractivity contribution is 0.0337. The van der Waals surface area contributed by atoms with Crippen molar-refractivity contribution in [1.82, 2.24) is 0 Å². The third kappa shape index (κ3) is 4.38. The molecule has 0 fully saturated rings. The van der Waals surface area contributed by atoms with Crippen molar-refractivity contribution >= 4 is 12.0 Å². The summed E-state index contributed by atoms with van der Waals surface area (Å²) >= 11 is 0. The Labute approximate surface area is 146 Å². The lowest BCUT2D eigenvalue weighted by Crippen LogP contribution is -2.10. The summed E-state index contributed by atoms with van der Waals surface area (Å²) in [6.45, 7) is 3.60. The first-order chi connectivity index (χ1) is 12.0. The zero-order valence-electron chi connectivity index (χ0n) is 14.7. The summed E-state index contributed by atoms with van der Waals surface area (Å²) in [5.41, 5.74) is 1.77. The van der Waals surface area contributed by atoms with Gasteiger partial charge in [0.05, 0.1) is 19.8 Å². The number of esters is 1. The van der Waals surface area contributed by atoms with Gasteiger partial charge < -0.3 is 14.2 Å². The van der Waals surface area contributed by atoms with E-state index in [1.165, 1.54) is 19.2 Å². The molecule has 2 rings (SSSR count). The third-order valence-electron chi connectivity index (χ3n) is 3.71. The Hall–Kier alpha value is -2.82. The molecule has 1 unspecified atom stereocenters. The summed E-state index contributed by atoms with van der Waals surface area (Å²) in [5, 5.41) is 0. The first-order valence-electron chi connectivity index (χ1n) is 7.85. The number of carbonyl (C=O) groups excluding carboxylic acids is 1. The fraction of sp³-hybridized carbons (Fsp3) is 0.250. The van der Waals surface area contributed by atoms with Crippen LogP contribution in [0.25, 0.3) is 6.08 Å². The minimum absolute atomic E-state index is 0.335. The number of ether oxygens (including phenoxy) is 3. The number of benzene rings is 2.